The van der Waals surface area contributed by atoms with Gasteiger partial charge in [-0.2, -0.15) is 0 Å². The van der Waals surface area contributed by atoms with Crippen molar-refractivity contribution in [1.29, 1.82) is 0 Å². The van der Waals surface area contributed by atoms with E-state index in [0.29, 0.717) is 13.1 Å². The van der Waals surface area contributed by atoms with Gasteiger partial charge in [-0.3, -0.25) is 4.90 Å². The van der Waals surface area contributed by atoms with Crippen molar-refractivity contribution in [3.05, 3.63) is 35.1 Å². The molecule has 6 heteroatoms. The Bertz CT molecular complexity index is 483. The molecule has 21 heavy (non-hydrogen) atoms. The maximum Gasteiger partial charge on any atom is 0.166 e. The third-order valence-electron chi connectivity index (χ3n) is 3.69. The summed E-state index contributed by atoms with van der Waals surface area (Å²) in [5.74, 6) is -2.74. The minimum Gasteiger partial charge on any atom is -0.314 e. The summed E-state index contributed by atoms with van der Waals surface area (Å²) in [4.78, 5) is 2.03. The standard InChI is InChI=1S/C15H21F3N2.ClH/c1-15(2,3)14(20-8-6-19-7-9-20)12-10(16)4-5-11(17)13(12)18;/h4-5,14,19H,6-9H2,1-3H3;1H/t14-;/m1./s1. The molecular weight excluding hydrogens is 301 g/mol. The molecule has 1 aliphatic rings. The number of benzene rings is 1. The van der Waals surface area contributed by atoms with Gasteiger partial charge < -0.3 is 5.32 Å². The fourth-order valence-corrected chi connectivity index (χ4v) is 2.90. The van der Waals surface area contributed by atoms with Crippen LogP contribution in [0.15, 0.2) is 12.1 Å². The predicted molar refractivity (Wildman–Crippen MR) is 80.2 cm³/mol. The second-order valence-corrected chi connectivity index (χ2v) is 6.31. The highest BCUT2D eigenvalue weighted by Gasteiger charge is 2.37. The SMILES string of the molecule is CC(C)(C)[C@@H](c1c(F)ccc(F)c1F)N1CCNCC1.Cl. The zero-order chi connectivity index (χ0) is 14.9. The van der Waals surface area contributed by atoms with Crippen molar-refractivity contribution in [3.8, 4) is 0 Å². The maximum absolute atomic E-state index is 14.1. The van der Waals surface area contributed by atoms with Gasteiger partial charge in [0.15, 0.2) is 11.6 Å². The quantitative estimate of drug-likeness (QED) is 0.838. The molecule has 1 N–H and O–H groups in total. The van der Waals surface area contributed by atoms with E-state index in [1.807, 2.05) is 25.7 Å². The summed E-state index contributed by atoms with van der Waals surface area (Å²) in [5, 5.41) is 3.21. The molecule has 0 amide bonds. The summed E-state index contributed by atoms with van der Waals surface area (Å²) < 4.78 is 41.8. The number of hydrogen-bond donors (Lipinski definition) is 1. The van der Waals surface area contributed by atoms with Gasteiger partial charge in [0.25, 0.3) is 0 Å². The topological polar surface area (TPSA) is 15.3 Å². The average Bonchev–Trinajstić information content (AvgIpc) is 2.39. The molecule has 2 rings (SSSR count). The van der Waals surface area contributed by atoms with E-state index < -0.39 is 28.9 Å². The molecule has 1 fully saturated rings. The van der Waals surface area contributed by atoms with Crippen LogP contribution in [0.5, 0.6) is 0 Å². The number of nitrogens with zero attached hydrogens (tertiary/aromatic N) is 1. The Morgan fingerprint density at radius 3 is 2.10 bits per heavy atom. The van der Waals surface area contributed by atoms with E-state index in [1.165, 1.54) is 0 Å². The van der Waals surface area contributed by atoms with Crippen LogP contribution in [-0.4, -0.2) is 31.1 Å². The van der Waals surface area contributed by atoms with Crippen molar-refractivity contribution in [3.63, 3.8) is 0 Å². The van der Waals surface area contributed by atoms with Crippen LogP contribution < -0.4 is 5.32 Å². The van der Waals surface area contributed by atoms with E-state index in [1.54, 1.807) is 0 Å². The maximum atomic E-state index is 14.1. The Kier molecular flexibility index (Phi) is 6.08. The molecule has 1 atom stereocenters. The van der Waals surface area contributed by atoms with Gasteiger partial charge in [0, 0.05) is 37.8 Å². The van der Waals surface area contributed by atoms with Crippen LogP contribution in [-0.2, 0) is 0 Å². The van der Waals surface area contributed by atoms with E-state index in [2.05, 4.69) is 5.32 Å². The number of hydrogen-bond acceptors (Lipinski definition) is 2. The molecule has 1 heterocycles. The average molecular weight is 323 g/mol. The van der Waals surface area contributed by atoms with E-state index in [0.717, 1.165) is 25.2 Å². The Morgan fingerprint density at radius 1 is 1.05 bits per heavy atom. The van der Waals surface area contributed by atoms with E-state index >= 15 is 0 Å². The fraction of sp³-hybridized carbons (Fsp3) is 0.600. The second kappa shape index (κ2) is 6.99. The first-order valence-electron chi connectivity index (χ1n) is 6.90. The Labute approximate surface area is 130 Å². The van der Waals surface area contributed by atoms with Gasteiger partial charge >= 0.3 is 0 Å². The molecule has 120 valence electrons. The van der Waals surface area contributed by atoms with Crippen LogP contribution in [0, 0.1) is 22.9 Å². The highest BCUT2D eigenvalue weighted by Crippen LogP contribution is 2.40. The molecule has 1 saturated heterocycles. The van der Waals surface area contributed by atoms with Gasteiger partial charge in [-0.15, -0.1) is 12.4 Å². The predicted octanol–water partition coefficient (Wildman–Crippen LogP) is 3.52. The molecule has 0 aromatic heterocycles. The van der Waals surface area contributed by atoms with Crippen LogP contribution in [0.4, 0.5) is 13.2 Å². The van der Waals surface area contributed by atoms with E-state index in [9.17, 15) is 13.2 Å². The van der Waals surface area contributed by atoms with Gasteiger partial charge in [0.05, 0.1) is 0 Å². The Morgan fingerprint density at radius 2 is 1.57 bits per heavy atom. The summed E-state index contributed by atoms with van der Waals surface area (Å²) in [6.07, 6.45) is 0. The number of nitrogens with one attached hydrogen (secondary N) is 1. The van der Waals surface area contributed by atoms with Crippen molar-refractivity contribution in [2.75, 3.05) is 26.2 Å². The smallest absolute Gasteiger partial charge is 0.166 e. The zero-order valence-corrected chi connectivity index (χ0v) is 13.4. The van der Waals surface area contributed by atoms with Gasteiger partial charge in [0.1, 0.15) is 5.82 Å². The second-order valence-electron chi connectivity index (χ2n) is 6.31. The number of rotatable bonds is 2. The molecule has 2 nitrogen and oxygen atoms in total. The summed E-state index contributed by atoms with van der Waals surface area (Å²) in [7, 11) is 0. The Balaban J connectivity index is 0.00000220. The normalized spacial score (nSPS) is 18.2. The molecule has 0 unspecified atom stereocenters. The largest absolute Gasteiger partial charge is 0.314 e. The van der Waals surface area contributed by atoms with Crippen molar-refractivity contribution in [2.45, 2.75) is 26.8 Å². The van der Waals surface area contributed by atoms with Crippen molar-refractivity contribution in [2.24, 2.45) is 5.41 Å². The lowest BCUT2D eigenvalue weighted by Gasteiger charge is -2.42. The van der Waals surface area contributed by atoms with Gasteiger partial charge in [-0.05, 0) is 17.5 Å². The van der Waals surface area contributed by atoms with Gasteiger partial charge in [0.2, 0.25) is 0 Å². The first-order valence-corrected chi connectivity index (χ1v) is 6.90. The van der Waals surface area contributed by atoms with Crippen LogP contribution in [0.3, 0.4) is 0 Å². The zero-order valence-electron chi connectivity index (χ0n) is 12.5. The molecular formula is C15H22ClF3N2. The van der Waals surface area contributed by atoms with Crippen molar-refractivity contribution < 1.29 is 13.2 Å². The van der Waals surface area contributed by atoms with Crippen LogP contribution >= 0.6 is 12.4 Å². The fourth-order valence-electron chi connectivity index (χ4n) is 2.90. The molecule has 0 saturated carbocycles. The van der Waals surface area contributed by atoms with Gasteiger partial charge in [-0.25, -0.2) is 13.2 Å². The lowest BCUT2D eigenvalue weighted by Crippen LogP contribution is -2.48. The lowest BCUT2D eigenvalue weighted by molar-refractivity contribution is 0.0798. The molecule has 0 aliphatic carbocycles. The molecule has 1 aromatic rings. The summed E-state index contributed by atoms with van der Waals surface area (Å²) in [6, 6.07) is 1.36. The number of halogens is 4. The summed E-state index contributed by atoms with van der Waals surface area (Å²) in [5.41, 5.74) is -0.549. The molecule has 1 aliphatic heterocycles. The van der Waals surface area contributed by atoms with E-state index in [-0.39, 0.29) is 18.0 Å². The number of piperazine rings is 1. The Hall–Kier alpha value is -0.780. The van der Waals surface area contributed by atoms with Crippen LogP contribution in [0.25, 0.3) is 0 Å². The minimum absolute atomic E-state index is 0. The minimum atomic E-state index is -1.07. The van der Waals surface area contributed by atoms with Crippen LogP contribution in [0.2, 0.25) is 0 Å². The molecule has 0 bridgehead atoms. The van der Waals surface area contributed by atoms with Crippen molar-refractivity contribution in [1.82, 2.24) is 10.2 Å². The first-order chi connectivity index (χ1) is 9.32. The van der Waals surface area contributed by atoms with Crippen LogP contribution in [0.1, 0.15) is 32.4 Å². The molecule has 0 spiro atoms. The monoisotopic (exact) mass is 322 g/mol. The highest BCUT2D eigenvalue weighted by molar-refractivity contribution is 5.85. The molecule has 1 aromatic carbocycles. The molecule has 0 radical (unpaired) electrons. The highest BCUT2D eigenvalue weighted by atomic mass is 35.5. The van der Waals surface area contributed by atoms with Gasteiger partial charge in [-0.1, -0.05) is 20.8 Å². The van der Waals surface area contributed by atoms with Crippen molar-refractivity contribution >= 4 is 12.4 Å². The van der Waals surface area contributed by atoms with E-state index in [4.69, 9.17) is 0 Å². The summed E-state index contributed by atoms with van der Waals surface area (Å²) >= 11 is 0. The third kappa shape index (κ3) is 3.90. The summed E-state index contributed by atoms with van der Waals surface area (Å²) in [6.45, 7) is 8.68. The first kappa shape index (κ1) is 18.3. The lowest BCUT2D eigenvalue weighted by atomic mass is 9.80. The third-order valence-corrected chi connectivity index (χ3v) is 3.69.